The van der Waals surface area contributed by atoms with Crippen LogP contribution in [0, 0.1) is 6.92 Å². The molecule has 3 aromatic rings. The van der Waals surface area contributed by atoms with Crippen LogP contribution in [0.25, 0.3) is 10.9 Å². The van der Waals surface area contributed by atoms with Crippen molar-refractivity contribution in [2.75, 3.05) is 6.54 Å². The first kappa shape index (κ1) is 13.9. The van der Waals surface area contributed by atoms with Crippen molar-refractivity contribution >= 4 is 10.9 Å². The average molecular weight is 283 g/mol. The number of rotatable bonds is 6. The van der Waals surface area contributed by atoms with Gasteiger partial charge in [-0.05, 0) is 49.0 Å². The van der Waals surface area contributed by atoms with Crippen LogP contribution in [0.5, 0.6) is 0 Å². The summed E-state index contributed by atoms with van der Waals surface area (Å²) in [6.07, 6.45) is 3.26. The fourth-order valence-corrected chi connectivity index (χ4v) is 2.57. The Morgan fingerprint density at radius 1 is 1.24 bits per heavy atom. The molecule has 2 aromatic heterocycles. The number of fused-ring (bicyclic) bond motifs is 1. The quantitative estimate of drug-likeness (QED) is 0.704. The predicted octanol–water partition coefficient (Wildman–Crippen LogP) is 3.49. The monoisotopic (exact) mass is 283 g/mol. The van der Waals surface area contributed by atoms with Crippen molar-refractivity contribution in [3.8, 4) is 0 Å². The van der Waals surface area contributed by atoms with Gasteiger partial charge in [-0.1, -0.05) is 18.1 Å². The third-order valence-electron chi connectivity index (χ3n) is 3.59. The molecular formula is C17H21N3O. The Morgan fingerprint density at radius 3 is 2.90 bits per heavy atom. The van der Waals surface area contributed by atoms with E-state index in [9.17, 15) is 0 Å². The lowest BCUT2D eigenvalue weighted by atomic mass is 10.1. The van der Waals surface area contributed by atoms with E-state index in [-0.39, 0.29) is 0 Å². The Morgan fingerprint density at radius 2 is 2.14 bits per heavy atom. The molecule has 0 aliphatic rings. The van der Waals surface area contributed by atoms with Crippen molar-refractivity contribution in [2.45, 2.75) is 33.4 Å². The summed E-state index contributed by atoms with van der Waals surface area (Å²) < 4.78 is 7.49. The van der Waals surface area contributed by atoms with Gasteiger partial charge in [0, 0.05) is 24.3 Å². The third-order valence-corrected chi connectivity index (χ3v) is 3.59. The van der Waals surface area contributed by atoms with Gasteiger partial charge < -0.3 is 14.4 Å². The highest BCUT2D eigenvalue weighted by Gasteiger charge is 2.06. The molecule has 110 valence electrons. The van der Waals surface area contributed by atoms with Gasteiger partial charge in [0.15, 0.2) is 5.76 Å². The van der Waals surface area contributed by atoms with Gasteiger partial charge in [-0.2, -0.15) is 0 Å². The summed E-state index contributed by atoms with van der Waals surface area (Å²) in [4.78, 5) is 0. The number of nitrogens with one attached hydrogen (secondary N) is 1. The molecule has 0 fully saturated rings. The van der Waals surface area contributed by atoms with Gasteiger partial charge >= 0.3 is 0 Å². The SMILES string of the molecule is CCCNCc1ccc2c(ccn2Cc2cc(C)no2)c1. The molecule has 0 spiro atoms. The van der Waals surface area contributed by atoms with Crippen molar-refractivity contribution < 1.29 is 4.52 Å². The maximum absolute atomic E-state index is 5.29. The second-order valence-electron chi connectivity index (χ2n) is 5.45. The van der Waals surface area contributed by atoms with Gasteiger partial charge in [0.2, 0.25) is 0 Å². The maximum Gasteiger partial charge on any atom is 0.156 e. The van der Waals surface area contributed by atoms with E-state index in [2.05, 4.69) is 52.4 Å². The summed E-state index contributed by atoms with van der Waals surface area (Å²) in [7, 11) is 0. The van der Waals surface area contributed by atoms with E-state index in [1.165, 1.54) is 16.5 Å². The molecule has 0 radical (unpaired) electrons. The second kappa shape index (κ2) is 6.14. The van der Waals surface area contributed by atoms with Crippen LogP contribution in [0.2, 0.25) is 0 Å². The molecule has 4 nitrogen and oxygen atoms in total. The van der Waals surface area contributed by atoms with Crippen molar-refractivity contribution in [3.63, 3.8) is 0 Å². The summed E-state index contributed by atoms with van der Waals surface area (Å²) in [6, 6.07) is 10.8. The van der Waals surface area contributed by atoms with E-state index in [1.807, 2.05) is 13.0 Å². The molecule has 3 rings (SSSR count). The van der Waals surface area contributed by atoms with Gasteiger partial charge in [0.1, 0.15) is 0 Å². The molecule has 21 heavy (non-hydrogen) atoms. The first-order chi connectivity index (χ1) is 10.3. The number of aryl methyl sites for hydroxylation is 1. The standard InChI is InChI=1S/C17H21N3O/c1-3-7-18-11-14-4-5-17-15(10-14)6-8-20(17)12-16-9-13(2)19-21-16/h4-6,8-10,18H,3,7,11-12H2,1-2H3. The van der Waals surface area contributed by atoms with Crippen molar-refractivity contribution in [1.29, 1.82) is 0 Å². The van der Waals surface area contributed by atoms with Crippen molar-refractivity contribution in [2.24, 2.45) is 0 Å². The number of aromatic nitrogens is 2. The predicted molar refractivity (Wildman–Crippen MR) is 84.3 cm³/mol. The molecule has 0 bridgehead atoms. The van der Waals surface area contributed by atoms with E-state index < -0.39 is 0 Å². The molecule has 1 aromatic carbocycles. The summed E-state index contributed by atoms with van der Waals surface area (Å²) in [5.41, 5.74) is 3.47. The Bertz CT molecular complexity index is 727. The number of benzene rings is 1. The fraction of sp³-hybridized carbons (Fsp3) is 0.353. The van der Waals surface area contributed by atoms with E-state index in [0.717, 1.165) is 37.5 Å². The van der Waals surface area contributed by atoms with Gasteiger partial charge in [0.25, 0.3) is 0 Å². The third kappa shape index (κ3) is 3.16. The van der Waals surface area contributed by atoms with Crippen LogP contribution in [0.4, 0.5) is 0 Å². The molecule has 0 aliphatic heterocycles. The molecular weight excluding hydrogens is 262 g/mol. The fourth-order valence-electron chi connectivity index (χ4n) is 2.57. The molecule has 0 unspecified atom stereocenters. The lowest BCUT2D eigenvalue weighted by Gasteiger charge is -2.05. The smallest absolute Gasteiger partial charge is 0.156 e. The first-order valence-electron chi connectivity index (χ1n) is 7.47. The molecule has 0 aliphatic carbocycles. The maximum atomic E-state index is 5.29. The van der Waals surface area contributed by atoms with Crippen molar-refractivity contribution in [3.05, 3.63) is 53.5 Å². The highest BCUT2D eigenvalue weighted by atomic mass is 16.5. The molecule has 0 saturated heterocycles. The lowest BCUT2D eigenvalue weighted by molar-refractivity contribution is 0.374. The molecule has 0 atom stereocenters. The van der Waals surface area contributed by atoms with E-state index in [4.69, 9.17) is 4.52 Å². The lowest BCUT2D eigenvalue weighted by Crippen LogP contribution is -2.13. The number of hydrogen-bond donors (Lipinski definition) is 1. The van der Waals surface area contributed by atoms with Crippen LogP contribution in [-0.4, -0.2) is 16.3 Å². The van der Waals surface area contributed by atoms with Crippen LogP contribution >= 0.6 is 0 Å². The zero-order chi connectivity index (χ0) is 14.7. The minimum absolute atomic E-state index is 0.720. The average Bonchev–Trinajstić information content (AvgIpc) is 3.06. The Balaban J connectivity index is 1.79. The van der Waals surface area contributed by atoms with Crippen LogP contribution in [-0.2, 0) is 13.1 Å². The summed E-state index contributed by atoms with van der Waals surface area (Å²) in [5.74, 6) is 0.888. The van der Waals surface area contributed by atoms with Gasteiger partial charge in [-0.3, -0.25) is 0 Å². The largest absolute Gasteiger partial charge is 0.359 e. The van der Waals surface area contributed by atoms with Gasteiger partial charge in [0.05, 0.1) is 12.2 Å². The van der Waals surface area contributed by atoms with Crippen LogP contribution in [0.1, 0.15) is 30.4 Å². The van der Waals surface area contributed by atoms with Gasteiger partial charge in [-0.25, -0.2) is 0 Å². The minimum Gasteiger partial charge on any atom is -0.359 e. The normalized spacial score (nSPS) is 11.3. The Kier molecular flexibility index (Phi) is 4.06. The molecule has 4 heteroatoms. The van der Waals surface area contributed by atoms with E-state index >= 15 is 0 Å². The zero-order valence-corrected chi connectivity index (χ0v) is 12.6. The Labute approximate surface area is 124 Å². The van der Waals surface area contributed by atoms with E-state index in [0.29, 0.717) is 0 Å². The zero-order valence-electron chi connectivity index (χ0n) is 12.6. The topological polar surface area (TPSA) is 43.0 Å². The van der Waals surface area contributed by atoms with Crippen LogP contribution in [0.15, 0.2) is 41.1 Å². The number of nitrogens with zero attached hydrogens (tertiary/aromatic N) is 2. The number of hydrogen-bond acceptors (Lipinski definition) is 3. The second-order valence-corrected chi connectivity index (χ2v) is 5.45. The highest BCUT2D eigenvalue weighted by molar-refractivity contribution is 5.81. The molecule has 2 heterocycles. The first-order valence-corrected chi connectivity index (χ1v) is 7.47. The van der Waals surface area contributed by atoms with Gasteiger partial charge in [-0.15, -0.1) is 0 Å². The summed E-state index contributed by atoms with van der Waals surface area (Å²) in [6.45, 7) is 6.83. The molecule has 1 N–H and O–H groups in total. The minimum atomic E-state index is 0.720. The summed E-state index contributed by atoms with van der Waals surface area (Å²) >= 11 is 0. The van der Waals surface area contributed by atoms with Crippen LogP contribution in [0.3, 0.4) is 0 Å². The summed E-state index contributed by atoms with van der Waals surface area (Å²) in [5, 5.41) is 8.64. The molecule has 0 saturated carbocycles. The van der Waals surface area contributed by atoms with Crippen LogP contribution < -0.4 is 5.32 Å². The Hall–Kier alpha value is -2.07. The van der Waals surface area contributed by atoms with Crippen molar-refractivity contribution in [1.82, 2.24) is 15.0 Å². The van der Waals surface area contributed by atoms with E-state index in [1.54, 1.807) is 0 Å². The molecule has 0 amide bonds. The highest BCUT2D eigenvalue weighted by Crippen LogP contribution is 2.19.